The van der Waals surface area contributed by atoms with E-state index in [-0.39, 0.29) is 5.78 Å². The largest absolute Gasteiger partial charge is 0.367 e. The topological polar surface area (TPSA) is 26.3 Å². The van der Waals surface area contributed by atoms with Gasteiger partial charge in [0.05, 0.1) is 0 Å². The van der Waals surface area contributed by atoms with Crippen molar-refractivity contribution in [2.24, 2.45) is 0 Å². The highest BCUT2D eigenvalue weighted by atomic mass is 16.5. The minimum absolute atomic E-state index is 0.0278. The second-order valence-electron chi connectivity index (χ2n) is 2.07. The molecule has 1 unspecified atom stereocenters. The minimum atomic E-state index is -0.792. The number of hydrogen-bond donors (Lipinski definition) is 0. The Morgan fingerprint density at radius 2 is 2.22 bits per heavy atom. The predicted molar refractivity (Wildman–Crippen MR) is 36.3 cm³/mol. The molecule has 0 saturated carbocycles. The Balaban J connectivity index is 4.27. The summed E-state index contributed by atoms with van der Waals surface area (Å²) in [5, 5.41) is 0. The molecule has 9 heavy (non-hydrogen) atoms. The Kier molecular flexibility index (Phi) is 2.59. The average molecular weight is 128 g/mol. The summed E-state index contributed by atoms with van der Waals surface area (Å²) in [5.41, 5.74) is -0.792. The number of carbonyl (C=O) groups is 1. The van der Waals surface area contributed by atoms with Gasteiger partial charge in [0.15, 0.2) is 5.78 Å². The summed E-state index contributed by atoms with van der Waals surface area (Å²) in [6.45, 7) is 6.64. The van der Waals surface area contributed by atoms with Crippen LogP contribution >= 0.6 is 0 Å². The Morgan fingerprint density at radius 1 is 1.78 bits per heavy atom. The van der Waals surface area contributed by atoms with E-state index in [1.165, 1.54) is 20.1 Å². The highest BCUT2D eigenvalue weighted by molar-refractivity contribution is 5.86. The van der Waals surface area contributed by atoms with Gasteiger partial charge in [0.25, 0.3) is 0 Å². The lowest BCUT2D eigenvalue weighted by Crippen LogP contribution is -2.32. The molecule has 2 nitrogen and oxygen atoms in total. The summed E-state index contributed by atoms with van der Waals surface area (Å²) in [4.78, 5) is 10.7. The van der Waals surface area contributed by atoms with Crippen molar-refractivity contribution in [2.45, 2.75) is 19.4 Å². The van der Waals surface area contributed by atoms with Crippen molar-refractivity contribution < 1.29 is 9.53 Å². The summed E-state index contributed by atoms with van der Waals surface area (Å²) < 4.78 is 4.88. The van der Waals surface area contributed by atoms with Crippen LogP contribution < -0.4 is 0 Å². The molecule has 0 N–H and O–H groups in total. The Hall–Kier alpha value is -0.630. The Bertz CT molecular complexity index is 129. The standard InChI is InChI=1S/C7H12O2/c1-5-7(3,9-4)6(2)8/h5H,1H2,2-4H3. The molecule has 0 saturated heterocycles. The number of methoxy groups -OCH3 is 1. The summed E-state index contributed by atoms with van der Waals surface area (Å²) in [7, 11) is 1.49. The zero-order valence-corrected chi connectivity index (χ0v) is 6.10. The third-order valence-electron chi connectivity index (χ3n) is 1.51. The van der Waals surface area contributed by atoms with Crippen molar-refractivity contribution in [3.63, 3.8) is 0 Å². The lowest BCUT2D eigenvalue weighted by Gasteiger charge is -2.19. The number of hydrogen-bond acceptors (Lipinski definition) is 2. The minimum Gasteiger partial charge on any atom is -0.367 e. The van der Waals surface area contributed by atoms with Gasteiger partial charge < -0.3 is 4.74 Å². The van der Waals surface area contributed by atoms with Crippen LogP contribution in [-0.4, -0.2) is 18.5 Å². The number of carbonyl (C=O) groups excluding carboxylic acids is 1. The van der Waals surface area contributed by atoms with E-state index in [1.807, 2.05) is 0 Å². The van der Waals surface area contributed by atoms with Crippen LogP contribution in [0.25, 0.3) is 0 Å². The molecule has 2 heteroatoms. The number of Topliss-reactive ketones (excluding diaryl/α,β-unsaturated/α-hetero) is 1. The lowest BCUT2D eigenvalue weighted by atomic mass is 10.0. The zero-order chi connectivity index (χ0) is 7.49. The van der Waals surface area contributed by atoms with Gasteiger partial charge in [-0.05, 0) is 13.8 Å². The van der Waals surface area contributed by atoms with Gasteiger partial charge in [0.1, 0.15) is 5.60 Å². The number of ether oxygens (including phenoxy) is 1. The number of ketones is 1. The second kappa shape index (κ2) is 2.78. The van der Waals surface area contributed by atoms with Crippen LogP contribution in [0.1, 0.15) is 13.8 Å². The first-order chi connectivity index (χ1) is 4.06. The zero-order valence-electron chi connectivity index (χ0n) is 6.10. The maximum absolute atomic E-state index is 10.7. The van der Waals surface area contributed by atoms with Gasteiger partial charge in [-0.15, -0.1) is 0 Å². The molecular weight excluding hydrogens is 116 g/mol. The molecule has 0 aromatic heterocycles. The Morgan fingerprint density at radius 3 is 2.22 bits per heavy atom. The molecule has 0 aromatic carbocycles. The highest BCUT2D eigenvalue weighted by Crippen LogP contribution is 2.10. The van der Waals surface area contributed by atoms with Crippen molar-refractivity contribution >= 4 is 5.78 Å². The van der Waals surface area contributed by atoms with Gasteiger partial charge >= 0.3 is 0 Å². The molecule has 0 fully saturated rings. The normalized spacial score (nSPS) is 16.3. The van der Waals surface area contributed by atoms with Crippen LogP contribution in [-0.2, 0) is 9.53 Å². The highest BCUT2D eigenvalue weighted by Gasteiger charge is 2.24. The second-order valence-corrected chi connectivity index (χ2v) is 2.07. The van der Waals surface area contributed by atoms with E-state index in [0.717, 1.165) is 0 Å². The van der Waals surface area contributed by atoms with E-state index in [4.69, 9.17) is 4.74 Å². The first kappa shape index (κ1) is 8.37. The fraction of sp³-hybridized carbons (Fsp3) is 0.571. The van der Waals surface area contributed by atoms with E-state index in [0.29, 0.717) is 0 Å². The Labute approximate surface area is 55.5 Å². The maximum atomic E-state index is 10.7. The van der Waals surface area contributed by atoms with Crippen LogP contribution in [0.5, 0.6) is 0 Å². The molecule has 0 rings (SSSR count). The molecule has 52 valence electrons. The van der Waals surface area contributed by atoms with Crippen molar-refractivity contribution in [1.29, 1.82) is 0 Å². The van der Waals surface area contributed by atoms with Gasteiger partial charge in [-0.2, -0.15) is 0 Å². The van der Waals surface area contributed by atoms with Crippen molar-refractivity contribution in [1.82, 2.24) is 0 Å². The van der Waals surface area contributed by atoms with Crippen LogP contribution in [0.3, 0.4) is 0 Å². The molecule has 1 atom stereocenters. The molecule has 0 aliphatic rings. The first-order valence-corrected chi connectivity index (χ1v) is 2.76. The van der Waals surface area contributed by atoms with Gasteiger partial charge in [-0.1, -0.05) is 12.7 Å². The summed E-state index contributed by atoms with van der Waals surface area (Å²) in [5.74, 6) is -0.0278. The van der Waals surface area contributed by atoms with E-state index < -0.39 is 5.60 Å². The molecule has 0 heterocycles. The number of rotatable bonds is 3. The summed E-state index contributed by atoms with van der Waals surface area (Å²) in [6.07, 6.45) is 1.50. The summed E-state index contributed by atoms with van der Waals surface area (Å²) in [6, 6.07) is 0. The van der Waals surface area contributed by atoms with Crippen LogP contribution in [0, 0.1) is 0 Å². The van der Waals surface area contributed by atoms with E-state index in [1.54, 1.807) is 6.92 Å². The molecule has 0 amide bonds. The van der Waals surface area contributed by atoms with Crippen LogP contribution in [0.15, 0.2) is 12.7 Å². The fourth-order valence-electron chi connectivity index (χ4n) is 0.371. The molecule has 0 bridgehead atoms. The third kappa shape index (κ3) is 1.64. The van der Waals surface area contributed by atoms with Crippen molar-refractivity contribution in [3.8, 4) is 0 Å². The average Bonchev–Trinajstić information content (AvgIpc) is 1.86. The van der Waals surface area contributed by atoms with E-state index in [9.17, 15) is 4.79 Å². The molecule has 0 radical (unpaired) electrons. The lowest BCUT2D eigenvalue weighted by molar-refractivity contribution is -0.131. The summed E-state index contributed by atoms with van der Waals surface area (Å²) >= 11 is 0. The van der Waals surface area contributed by atoms with E-state index in [2.05, 4.69) is 6.58 Å². The molecule has 0 aromatic rings. The third-order valence-corrected chi connectivity index (χ3v) is 1.51. The van der Waals surface area contributed by atoms with Crippen LogP contribution in [0.2, 0.25) is 0 Å². The molecular formula is C7H12O2. The van der Waals surface area contributed by atoms with Crippen LogP contribution in [0.4, 0.5) is 0 Å². The maximum Gasteiger partial charge on any atom is 0.165 e. The fourth-order valence-corrected chi connectivity index (χ4v) is 0.371. The quantitative estimate of drug-likeness (QED) is 0.533. The molecule has 0 spiro atoms. The first-order valence-electron chi connectivity index (χ1n) is 2.76. The van der Waals surface area contributed by atoms with Gasteiger partial charge in [-0.25, -0.2) is 0 Å². The van der Waals surface area contributed by atoms with Crippen molar-refractivity contribution in [3.05, 3.63) is 12.7 Å². The van der Waals surface area contributed by atoms with Gasteiger partial charge in [0, 0.05) is 7.11 Å². The smallest absolute Gasteiger partial charge is 0.165 e. The van der Waals surface area contributed by atoms with E-state index >= 15 is 0 Å². The van der Waals surface area contributed by atoms with Gasteiger partial charge in [-0.3, -0.25) is 4.79 Å². The van der Waals surface area contributed by atoms with Crippen molar-refractivity contribution in [2.75, 3.05) is 7.11 Å². The monoisotopic (exact) mass is 128 g/mol. The van der Waals surface area contributed by atoms with Gasteiger partial charge in [0.2, 0.25) is 0 Å². The molecule has 0 aliphatic heterocycles. The molecule has 0 aliphatic carbocycles. The predicted octanol–water partition coefficient (Wildman–Crippen LogP) is 1.17. The SMILES string of the molecule is C=CC(C)(OC)C(C)=O.